The van der Waals surface area contributed by atoms with Crippen LogP contribution in [-0.4, -0.2) is 25.3 Å². The summed E-state index contributed by atoms with van der Waals surface area (Å²) >= 11 is 1.12. The first-order valence-corrected chi connectivity index (χ1v) is 11.7. The van der Waals surface area contributed by atoms with E-state index in [1.54, 1.807) is 0 Å². The molecule has 0 atom stereocenters. The van der Waals surface area contributed by atoms with Gasteiger partial charge in [0.05, 0.1) is 0 Å². The van der Waals surface area contributed by atoms with Gasteiger partial charge in [-0.25, -0.2) is 0 Å². The molecule has 1 aromatic heterocycles. The molecule has 0 amide bonds. The van der Waals surface area contributed by atoms with Crippen LogP contribution < -0.4 is 4.23 Å². The van der Waals surface area contributed by atoms with Crippen molar-refractivity contribution in [1.29, 1.82) is 0 Å². The average molecular weight is 363 g/mol. The van der Waals surface area contributed by atoms with E-state index < -0.39 is 0 Å². The maximum absolute atomic E-state index is 4.72. The van der Waals surface area contributed by atoms with Crippen molar-refractivity contribution < 1.29 is 0 Å². The number of para-hydroxylation sites is 1. The van der Waals surface area contributed by atoms with Gasteiger partial charge in [-0.2, -0.15) is 0 Å². The Balaban J connectivity index is 1.98. The van der Waals surface area contributed by atoms with Crippen molar-refractivity contribution in [1.82, 2.24) is 0 Å². The summed E-state index contributed by atoms with van der Waals surface area (Å²) in [6.07, 6.45) is 0. The molecule has 0 radical (unpaired) electrons. The minimum atomic E-state index is 0.536. The van der Waals surface area contributed by atoms with Crippen LogP contribution in [0.2, 0.25) is 0 Å². The Bertz CT molecular complexity index is 681. The summed E-state index contributed by atoms with van der Waals surface area (Å²) in [6.45, 7) is 0. The zero-order chi connectivity index (χ0) is 12.2. The van der Waals surface area contributed by atoms with Gasteiger partial charge in [-0.05, 0) is 0 Å². The first-order chi connectivity index (χ1) is 8.92. The van der Waals surface area contributed by atoms with Crippen LogP contribution in [0.25, 0.3) is 10.0 Å². The van der Waals surface area contributed by atoms with Gasteiger partial charge in [0.1, 0.15) is 0 Å². The van der Waals surface area contributed by atoms with E-state index in [-0.39, 0.29) is 0 Å². The van der Waals surface area contributed by atoms with Crippen LogP contribution in [0.15, 0.2) is 71.7 Å². The molecule has 18 heavy (non-hydrogen) atoms. The first kappa shape index (κ1) is 12.0. The number of benzene rings is 2. The molecule has 0 saturated heterocycles. The molecule has 0 aliphatic rings. The molecule has 1 heterocycles. The van der Waals surface area contributed by atoms with Gasteiger partial charge in [0.25, 0.3) is 0 Å². The van der Waals surface area contributed by atoms with E-state index in [1.807, 2.05) is 18.2 Å². The molecule has 3 heteroatoms. The molecule has 0 bridgehead atoms. The topological polar surface area (TPSA) is 12.4 Å². The summed E-state index contributed by atoms with van der Waals surface area (Å²) in [6, 6.07) is 23.1. The van der Waals surface area contributed by atoms with Gasteiger partial charge in [-0.15, -0.1) is 0 Å². The zero-order valence-corrected chi connectivity index (χ0v) is 13.0. The molecule has 0 aliphatic heterocycles. The maximum atomic E-state index is 4.72. The van der Waals surface area contributed by atoms with Crippen LogP contribution in [0.5, 0.6) is 0 Å². The Morgan fingerprint density at radius 3 is 2.11 bits per heavy atom. The summed E-state index contributed by atoms with van der Waals surface area (Å²) in [5.41, 5.74) is 2.42. The molecule has 1 nitrogen and oxygen atoms in total. The molecule has 3 rings (SSSR count). The quantitative estimate of drug-likeness (QED) is 0.621. The second-order valence-electron chi connectivity index (χ2n) is 3.83. The van der Waals surface area contributed by atoms with Gasteiger partial charge < -0.3 is 0 Å². The Morgan fingerprint density at radius 2 is 1.39 bits per heavy atom. The number of rotatable bonds is 2. The third kappa shape index (κ3) is 2.82. The third-order valence-electron chi connectivity index (χ3n) is 2.53. The fraction of sp³-hybridized carbons (Fsp3) is 0. The van der Waals surface area contributed by atoms with E-state index in [0.717, 1.165) is 5.69 Å². The van der Waals surface area contributed by atoms with Gasteiger partial charge in [-0.1, -0.05) is 0 Å². The second kappa shape index (κ2) is 5.69. The molecular formula is C15H11NSe2. The third-order valence-corrected chi connectivity index (χ3v) is 9.34. The van der Waals surface area contributed by atoms with Gasteiger partial charge >= 0.3 is 117 Å². The standard InChI is InChI=1S/C15H11NSe2/c1-3-7-12(8-4-1)14-11-15(18-17-14)16-13-9-5-2-6-10-13/h1-11H. The number of hydrogen-bond acceptors (Lipinski definition) is 1. The van der Waals surface area contributed by atoms with Crippen LogP contribution in [0.4, 0.5) is 5.69 Å². The molecule has 2 aromatic carbocycles. The Kier molecular flexibility index (Phi) is 3.77. The normalized spacial score (nSPS) is 11.7. The first-order valence-electron chi connectivity index (χ1n) is 5.67. The van der Waals surface area contributed by atoms with Crippen molar-refractivity contribution in [3.63, 3.8) is 0 Å². The van der Waals surface area contributed by atoms with Crippen molar-refractivity contribution in [2.45, 2.75) is 0 Å². The van der Waals surface area contributed by atoms with Gasteiger partial charge in [0.15, 0.2) is 0 Å². The Labute approximate surface area is 116 Å². The van der Waals surface area contributed by atoms with Crippen molar-refractivity contribution in [2.24, 2.45) is 4.99 Å². The van der Waals surface area contributed by atoms with Gasteiger partial charge in [0, 0.05) is 0 Å². The Morgan fingerprint density at radius 1 is 0.722 bits per heavy atom. The fourth-order valence-electron chi connectivity index (χ4n) is 1.66. The zero-order valence-electron chi connectivity index (χ0n) is 9.61. The fourth-order valence-corrected chi connectivity index (χ4v) is 8.29. The van der Waals surface area contributed by atoms with Crippen molar-refractivity contribution in [3.8, 4) is 10.0 Å². The van der Waals surface area contributed by atoms with E-state index in [9.17, 15) is 0 Å². The summed E-state index contributed by atoms with van der Waals surface area (Å²) < 4.78 is 2.75. The van der Waals surface area contributed by atoms with Gasteiger partial charge in [0.2, 0.25) is 0 Å². The van der Waals surface area contributed by atoms with Crippen LogP contribution in [0.3, 0.4) is 0 Å². The minimum absolute atomic E-state index is 0.536. The van der Waals surface area contributed by atoms with E-state index in [0.29, 0.717) is 25.3 Å². The number of hydrogen-bond donors (Lipinski definition) is 0. The second-order valence-corrected chi connectivity index (χ2v) is 9.96. The molecule has 0 fully saturated rings. The molecule has 88 valence electrons. The van der Waals surface area contributed by atoms with Crippen molar-refractivity contribution in [2.75, 3.05) is 0 Å². The summed E-state index contributed by atoms with van der Waals surface area (Å²) in [5.74, 6) is 0. The van der Waals surface area contributed by atoms with E-state index in [1.165, 1.54) is 14.2 Å². The summed E-state index contributed by atoms with van der Waals surface area (Å²) in [4.78, 5) is 4.72. The van der Waals surface area contributed by atoms with Crippen LogP contribution in [0, 0.1) is 0 Å². The molecule has 0 saturated carbocycles. The van der Waals surface area contributed by atoms with Crippen LogP contribution in [0.1, 0.15) is 0 Å². The summed E-state index contributed by atoms with van der Waals surface area (Å²) in [5, 5.41) is 0. The SMILES string of the molecule is c1ccc(N=c2cc(-c3ccccc3)[se][se]2)cc1. The molecule has 0 unspecified atom stereocenters. The van der Waals surface area contributed by atoms with Gasteiger partial charge in [-0.3, -0.25) is 0 Å². The average Bonchev–Trinajstić information content (AvgIpc) is 2.89. The summed E-state index contributed by atoms with van der Waals surface area (Å²) in [7, 11) is 0. The molecule has 3 aromatic rings. The van der Waals surface area contributed by atoms with Crippen molar-refractivity contribution in [3.05, 3.63) is 71.0 Å². The molecule has 0 aliphatic carbocycles. The van der Waals surface area contributed by atoms with E-state index >= 15 is 0 Å². The molecule has 0 N–H and O–H groups in total. The van der Waals surface area contributed by atoms with Crippen molar-refractivity contribution >= 4 is 31.0 Å². The monoisotopic (exact) mass is 365 g/mol. The van der Waals surface area contributed by atoms with E-state index in [2.05, 4.69) is 48.5 Å². The molecule has 0 spiro atoms. The van der Waals surface area contributed by atoms with E-state index in [4.69, 9.17) is 4.99 Å². The Hall–Kier alpha value is -1.11. The molecular weight excluding hydrogens is 352 g/mol. The predicted molar refractivity (Wildman–Crippen MR) is 77.4 cm³/mol. The number of nitrogens with zero attached hydrogens (tertiary/aromatic N) is 1. The van der Waals surface area contributed by atoms with Crippen LogP contribution in [-0.2, 0) is 0 Å². The van der Waals surface area contributed by atoms with Crippen LogP contribution >= 0.6 is 0 Å². The predicted octanol–water partition coefficient (Wildman–Crippen LogP) is 2.70.